The summed E-state index contributed by atoms with van der Waals surface area (Å²) in [5.74, 6) is 1.76. The molecule has 0 radical (unpaired) electrons. The van der Waals surface area contributed by atoms with Crippen LogP contribution in [0.5, 0.6) is 0 Å². The normalized spacial score (nSPS) is 13.6. The largest absolute Gasteiger partial charge is 0.492 e. The number of halogens is 2. The average Bonchev–Trinajstić information content (AvgIpc) is 3.28. The van der Waals surface area contributed by atoms with Crippen molar-refractivity contribution in [2.45, 2.75) is 26.0 Å². The number of fused-ring (bicyclic) bond motifs is 4. The van der Waals surface area contributed by atoms with Crippen LogP contribution in [0.2, 0.25) is 10.0 Å². The van der Waals surface area contributed by atoms with Gasteiger partial charge in [-0.3, -0.25) is 0 Å². The van der Waals surface area contributed by atoms with E-state index in [1.165, 1.54) is 14.7 Å². The van der Waals surface area contributed by atoms with E-state index in [9.17, 15) is 0 Å². The predicted molar refractivity (Wildman–Crippen MR) is 191 cm³/mol. The molecule has 8 heteroatoms. The third-order valence-corrected chi connectivity index (χ3v) is 10.6. The van der Waals surface area contributed by atoms with Crippen molar-refractivity contribution < 1.29 is 9.47 Å². The van der Waals surface area contributed by atoms with E-state index in [4.69, 9.17) is 32.7 Å². The zero-order valence-corrected chi connectivity index (χ0v) is 28.6. The molecule has 0 aliphatic carbocycles. The highest BCUT2D eigenvalue weighted by Crippen LogP contribution is 2.43. The van der Waals surface area contributed by atoms with Gasteiger partial charge in [0.25, 0.3) is 0 Å². The molecule has 0 atom stereocenters. The molecule has 4 aromatic carbocycles. The van der Waals surface area contributed by atoms with Crippen molar-refractivity contribution in [3.8, 4) is 0 Å². The molecule has 0 spiro atoms. The number of rotatable bonds is 12. The molecule has 232 valence electrons. The molecule has 0 N–H and O–H groups in total. The molecule has 6 rings (SSSR count). The first kappa shape index (κ1) is 32.1. The quantitative estimate of drug-likeness (QED) is 0.148. The number of hydrogen-bond donors (Lipinski definition) is 0. The number of likely N-dealkylation sites (N-methyl/N-ethyl adjacent to an activating group) is 2. The fourth-order valence-electron chi connectivity index (χ4n) is 5.33. The van der Waals surface area contributed by atoms with Crippen molar-refractivity contribution in [1.29, 1.82) is 0 Å². The molecule has 0 unspecified atom stereocenters. The van der Waals surface area contributed by atoms with Crippen molar-refractivity contribution in [3.05, 3.63) is 117 Å². The van der Waals surface area contributed by atoms with E-state index in [1.807, 2.05) is 24.3 Å². The molecule has 2 aliphatic rings. The third kappa shape index (κ3) is 8.31. The zero-order chi connectivity index (χ0) is 31.2. The summed E-state index contributed by atoms with van der Waals surface area (Å²) in [6.45, 7) is 4.88. The third-order valence-electron chi connectivity index (χ3n) is 7.80. The molecule has 4 aromatic rings. The van der Waals surface area contributed by atoms with E-state index in [0.29, 0.717) is 18.2 Å². The minimum atomic E-state index is 0.605. The molecule has 0 saturated carbocycles. The van der Waals surface area contributed by atoms with Crippen molar-refractivity contribution in [2.75, 3.05) is 53.5 Å². The second kappa shape index (κ2) is 15.2. The van der Waals surface area contributed by atoms with Crippen LogP contribution in [0.25, 0.3) is 23.7 Å². The molecule has 0 saturated heterocycles. The van der Waals surface area contributed by atoms with Crippen LogP contribution in [0.15, 0.2) is 105 Å². The van der Waals surface area contributed by atoms with Gasteiger partial charge < -0.3 is 19.3 Å². The van der Waals surface area contributed by atoms with Gasteiger partial charge in [-0.2, -0.15) is 0 Å². The van der Waals surface area contributed by atoms with Crippen molar-refractivity contribution in [2.24, 2.45) is 0 Å². The van der Waals surface area contributed by atoms with Crippen LogP contribution >= 0.6 is 46.7 Å². The van der Waals surface area contributed by atoms with Gasteiger partial charge in [0.05, 0.1) is 0 Å². The Hall–Kier alpha value is -2.84. The molecule has 0 aromatic heterocycles. The van der Waals surface area contributed by atoms with E-state index in [2.05, 4.69) is 96.7 Å². The number of hydrogen-bond acceptors (Lipinski definition) is 6. The molecule has 2 heterocycles. The van der Waals surface area contributed by atoms with Crippen LogP contribution in [-0.4, -0.2) is 63.3 Å². The van der Waals surface area contributed by atoms with Crippen molar-refractivity contribution in [1.82, 2.24) is 9.80 Å². The zero-order valence-electron chi connectivity index (χ0n) is 25.5. The highest BCUT2D eigenvalue weighted by molar-refractivity contribution is 7.99. The van der Waals surface area contributed by atoms with Gasteiger partial charge in [-0.1, -0.05) is 83.1 Å². The molecule has 0 amide bonds. The first-order chi connectivity index (χ1) is 21.9. The Labute approximate surface area is 285 Å². The van der Waals surface area contributed by atoms with Crippen LogP contribution in [0, 0.1) is 0 Å². The molecular weight excluding hydrogens is 639 g/mol. The van der Waals surface area contributed by atoms with Gasteiger partial charge in [-0.25, -0.2) is 0 Å². The second-order valence-electron chi connectivity index (χ2n) is 11.2. The minimum Gasteiger partial charge on any atom is -0.492 e. The summed E-state index contributed by atoms with van der Waals surface area (Å²) < 4.78 is 12.8. The molecule has 0 fully saturated rings. The lowest BCUT2D eigenvalue weighted by Crippen LogP contribution is -2.29. The fourth-order valence-corrected chi connectivity index (χ4v) is 7.75. The summed E-state index contributed by atoms with van der Waals surface area (Å²) in [4.78, 5) is 9.41. The maximum absolute atomic E-state index is 6.38. The first-order valence-corrected chi connectivity index (χ1v) is 17.5. The smallest absolute Gasteiger partial charge is 0.128 e. The van der Waals surface area contributed by atoms with Crippen LogP contribution < -0.4 is 0 Å². The summed E-state index contributed by atoms with van der Waals surface area (Å²) in [6.07, 6.45) is 5.32. The summed E-state index contributed by atoms with van der Waals surface area (Å²) in [5, 5.41) is 1.44. The van der Waals surface area contributed by atoms with E-state index >= 15 is 0 Å². The lowest BCUT2D eigenvalue weighted by Gasteiger charge is -2.21. The van der Waals surface area contributed by atoms with E-state index in [1.54, 1.807) is 23.5 Å². The molecular formula is C37H36Cl2N2O2S2. The number of ether oxygens (including phenoxy) is 2. The molecule has 45 heavy (non-hydrogen) atoms. The first-order valence-electron chi connectivity index (χ1n) is 15.1. The van der Waals surface area contributed by atoms with Crippen LogP contribution in [0.1, 0.15) is 28.7 Å². The Balaban J connectivity index is 0.964. The molecule has 2 aliphatic heterocycles. The topological polar surface area (TPSA) is 24.9 Å². The summed E-state index contributed by atoms with van der Waals surface area (Å²) in [7, 11) is 4.31. The second-order valence-corrected chi connectivity index (χ2v) is 14.3. The van der Waals surface area contributed by atoms with Gasteiger partial charge in [-0.05, 0) is 105 Å². The highest BCUT2D eigenvalue weighted by Gasteiger charge is 2.19. The van der Waals surface area contributed by atoms with E-state index < -0.39 is 0 Å². The van der Waals surface area contributed by atoms with Gasteiger partial charge in [0, 0.05) is 53.8 Å². The lowest BCUT2D eigenvalue weighted by atomic mass is 10.1. The van der Waals surface area contributed by atoms with Gasteiger partial charge >= 0.3 is 0 Å². The Kier molecular flexibility index (Phi) is 10.8. The maximum Gasteiger partial charge on any atom is 0.128 e. The van der Waals surface area contributed by atoms with Crippen LogP contribution in [-0.2, 0) is 9.47 Å². The monoisotopic (exact) mass is 674 g/mol. The number of benzene rings is 4. The maximum atomic E-state index is 6.38. The van der Waals surface area contributed by atoms with Crippen molar-refractivity contribution >= 4 is 70.4 Å². The van der Waals surface area contributed by atoms with E-state index in [0.717, 1.165) is 76.3 Å². The van der Waals surface area contributed by atoms with Gasteiger partial charge in [0.15, 0.2) is 0 Å². The van der Waals surface area contributed by atoms with Gasteiger partial charge in [0.2, 0.25) is 0 Å². The Morgan fingerprint density at radius 2 is 1.09 bits per heavy atom. The SMILES string of the molecule is CN(CCCN(C)CCOC1=Cc2ccccc2Sc2ccc(Cl)cc21)CCOC1=Cc2cc(Cl)ccc2Sc2ccccc21. The predicted octanol–water partition coefficient (Wildman–Crippen LogP) is 9.91. The Bertz CT molecular complexity index is 1720. The Morgan fingerprint density at radius 1 is 0.556 bits per heavy atom. The summed E-state index contributed by atoms with van der Waals surface area (Å²) >= 11 is 16.2. The average molecular weight is 676 g/mol. The molecule has 0 bridgehead atoms. The summed E-state index contributed by atoms with van der Waals surface area (Å²) in [6, 6.07) is 28.9. The van der Waals surface area contributed by atoms with Crippen molar-refractivity contribution in [3.63, 3.8) is 0 Å². The van der Waals surface area contributed by atoms with Crippen LogP contribution in [0.3, 0.4) is 0 Å². The van der Waals surface area contributed by atoms with Gasteiger partial charge in [0.1, 0.15) is 24.7 Å². The van der Waals surface area contributed by atoms with Gasteiger partial charge in [-0.15, -0.1) is 0 Å². The highest BCUT2D eigenvalue weighted by atomic mass is 35.5. The number of nitrogens with zero attached hydrogens (tertiary/aromatic N) is 2. The molecule has 4 nitrogen and oxygen atoms in total. The lowest BCUT2D eigenvalue weighted by molar-refractivity contribution is 0.193. The van der Waals surface area contributed by atoms with E-state index in [-0.39, 0.29) is 0 Å². The minimum absolute atomic E-state index is 0.605. The van der Waals surface area contributed by atoms with Crippen LogP contribution in [0.4, 0.5) is 0 Å². The Morgan fingerprint density at radius 3 is 1.82 bits per heavy atom. The standard InChI is InChI=1S/C37H36Cl2N2O2S2/c1-40(18-20-42-32-24-27-22-28(38)12-14-35(27)45-36-11-6-4-9-30(32)36)16-7-17-41(2)19-21-43-33-23-26-8-3-5-10-34(26)44-37-15-13-29(39)25-31(33)37/h3-6,8-15,22-25H,7,16-21H2,1-2H3. The fraction of sp³-hybridized carbons (Fsp3) is 0.243. The summed E-state index contributed by atoms with van der Waals surface area (Å²) in [5.41, 5.74) is 4.42.